The van der Waals surface area contributed by atoms with Crippen LogP contribution in [0, 0.1) is 5.92 Å². The highest BCUT2D eigenvalue weighted by Gasteiger charge is 2.25. The van der Waals surface area contributed by atoms with Crippen LogP contribution in [0.2, 0.25) is 0 Å². The van der Waals surface area contributed by atoms with Gasteiger partial charge in [-0.15, -0.1) is 11.8 Å². The molecule has 3 nitrogen and oxygen atoms in total. The molecule has 1 amide bonds. The molecule has 0 spiro atoms. The highest BCUT2D eigenvalue weighted by Crippen LogP contribution is 2.23. The molecule has 1 fully saturated rings. The maximum atomic E-state index is 12.9. The van der Waals surface area contributed by atoms with Crippen LogP contribution < -0.4 is 5.32 Å². The quantitative estimate of drug-likeness (QED) is 0.848. The molecule has 1 N–H and O–H groups in total. The fourth-order valence-electron chi connectivity index (χ4n) is 2.86. The van der Waals surface area contributed by atoms with Crippen molar-refractivity contribution < 1.29 is 4.79 Å². The van der Waals surface area contributed by atoms with E-state index in [1.54, 1.807) is 11.8 Å². The van der Waals surface area contributed by atoms with E-state index in [0.717, 1.165) is 30.1 Å². The molecule has 1 heterocycles. The maximum absolute atomic E-state index is 12.9. The normalized spacial score (nSPS) is 18.8. The molecule has 1 atom stereocenters. The second kappa shape index (κ2) is 7.85. The minimum absolute atomic E-state index is 0.167. The van der Waals surface area contributed by atoms with Gasteiger partial charge in [-0.3, -0.25) is 4.79 Å². The SMILES string of the molecule is CSc1ccccc1C(=O)N(CC1CCCNC1)C(C)C. The van der Waals surface area contributed by atoms with Crippen molar-refractivity contribution in [2.75, 3.05) is 25.9 Å². The summed E-state index contributed by atoms with van der Waals surface area (Å²) in [6.45, 7) is 7.21. The molecule has 1 aliphatic heterocycles. The van der Waals surface area contributed by atoms with Gasteiger partial charge in [0.15, 0.2) is 0 Å². The lowest BCUT2D eigenvalue weighted by atomic mass is 9.98. The predicted molar refractivity (Wildman–Crippen MR) is 90.0 cm³/mol. The summed E-state index contributed by atoms with van der Waals surface area (Å²) >= 11 is 1.64. The van der Waals surface area contributed by atoms with Crippen LogP contribution in [0.25, 0.3) is 0 Å². The molecular weight excluding hydrogens is 280 g/mol. The van der Waals surface area contributed by atoms with E-state index in [-0.39, 0.29) is 11.9 Å². The highest BCUT2D eigenvalue weighted by molar-refractivity contribution is 7.98. The number of hydrogen-bond acceptors (Lipinski definition) is 3. The molecule has 2 rings (SSSR count). The number of carbonyl (C=O) groups excluding carboxylic acids is 1. The average Bonchev–Trinajstić information content (AvgIpc) is 2.52. The van der Waals surface area contributed by atoms with E-state index < -0.39 is 0 Å². The molecule has 0 radical (unpaired) electrons. The molecule has 21 heavy (non-hydrogen) atoms. The molecule has 4 heteroatoms. The summed E-state index contributed by atoms with van der Waals surface area (Å²) < 4.78 is 0. The zero-order valence-electron chi connectivity index (χ0n) is 13.3. The van der Waals surface area contributed by atoms with E-state index >= 15 is 0 Å². The van der Waals surface area contributed by atoms with Gasteiger partial charge in [0.05, 0.1) is 5.56 Å². The number of benzene rings is 1. The Kier molecular flexibility index (Phi) is 6.12. The van der Waals surface area contributed by atoms with Crippen LogP contribution in [-0.4, -0.2) is 42.7 Å². The lowest BCUT2D eigenvalue weighted by Gasteiger charge is -2.33. The van der Waals surface area contributed by atoms with Crippen molar-refractivity contribution in [1.29, 1.82) is 0 Å². The minimum Gasteiger partial charge on any atom is -0.336 e. The number of carbonyl (C=O) groups is 1. The second-order valence-electron chi connectivity index (χ2n) is 5.96. The van der Waals surface area contributed by atoms with E-state index in [9.17, 15) is 4.79 Å². The van der Waals surface area contributed by atoms with Gasteiger partial charge >= 0.3 is 0 Å². The Morgan fingerprint density at radius 1 is 1.43 bits per heavy atom. The number of nitrogens with zero attached hydrogens (tertiary/aromatic N) is 1. The number of hydrogen-bond donors (Lipinski definition) is 1. The smallest absolute Gasteiger partial charge is 0.255 e. The molecule has 1 aromatic rings. The van der Waals surface area contributed by atoms with Crippen LogP contribution in [0.5, 0.6) is 0 Å². The Labute approximate surface area is 132 Å². The molecule has 0 aliphatic carbocycles. The number of nitrogens with one attached hydrogen (secondary N) is 1. The van der Waals surface area contributed by atoms with E-state index in [2.05, 4.69) is 19.2 Å². The summed E-state index contributed by atoms with van der Waals surface area (Å²) in [6, 6.07) is 8.15. The zero-order chi connectivity index (χ0) is 15.2. The van der Waals surface area contributed by atoms with Gasteiger partial charge in [-0.2, -0.15) is 0 Å². The van der Waals surface area contributed by atoms with Crippen LogP contribution in [0.15, 0.2) is 29.2 Å². The van der Waals surface area contributed by atoms with Crippen molar-refractivity contribution in [1.82, 2.24) is 10.2 Å². The summed E-state index contributed by atoms with van der Waals surface area (Å²) in [6.07, 6.45) is 4.46. The van der Waals surface area contributed by atoms with Crippen LogP contribution in [-0.2, 0) is 0 Å². The first-order valence-electron chi connectivity index (χ1n) is 7.78. The highest BCUT2D eigenvalue weighted by atomic mass is 32.2. The van der Waals surface area contributed by atoms with Crippen molar-refractivity contribution in [3.05, 3.63) is 29.8 Å². The first kappa shape index (κ1) is 16.4. The van der Waals surface area contributed by atoms with Crippen molar-refractivity contribution >= 4 is 17.7 Å². The maximum Gasteiger partial charge on any atom is 0.255 e. The molecule has 116 valence electrons. The Morgan fingerprint density at radius 2 is 2.19 bits per heavy atom. The number of piperidine rings is 1. The molecule has 1 aromatic carbocycles. The van der Waals surface area contributed by atoms with E-state index in [0.29, 0.717) is 5.92 Å². The van der Waals surface area contributed by atoms with E-state index in [4.69, 9.17) is 0 Å². The standard InChI is InChI=1S/C17H26N2OS/c1-13(2)19(12-14-7-6-10-18-11-14)17(20)15-8-4-5-9-16(15)21-3/h4-5,8-9,13-14,18H,6-7,10-12H2,1-3H3. The Bertz CT molecular complexity index is 470. The number of amides is 1. The zero-order valence-corrected chi connectivity index (χ0v) is 14.1. The topological polar surface area (TPSA) is 32.3 Å². The fraction of sp³-hybridized carbons (Fsp3) is 0.588. The van der Waals surface area contributed by atoms with Crippen molar-refractivity contribution in [2.45, 2.75) is 37.6 Å². The van der Waals surface area contributed by atoms with Gasteiger partial charge in [-0.1, -0.05) is 12.1 Å². The van der Waals surface area contributed by atoms with Gasteiger partial charge in [0.2, 0.25) is 0 Å². The fourth-order valence-corrected chi connectivity index (χ4v) is 3.45. The number of thioether (sulfide) groups is 1. The number of rotatable bonds is 5. The van der Waals surface area contributed by atoms with Gasteiger partial charge in [-0.25, -0.2) is 0 Å². The summed E-state index contributed by atoms with van der Waals surface area (Å²) in [5.74, 6) is 0.743. The molecule has 1 unspecified atom stereocenters. The van der Waals surface area contributed by atoms with E-state index in [1.807, 2.05) is 35.4 Å². The van der Waals surface area contributed by atoms with Gasteiger partial charge in [0.25, 0.3) is 5.91 Å². The van der Waals surface area contributed by atoms with Crippen LogP contribution in [0.1, 0.15) is 37.0 Å². The first-order chi connectivity index (χ1) is 10.1. The molecule has 1 saturated heterocycles. The van der Waals surface area contributed by atoms with Gasteiger partial charge < -0.3 is 10.2 Å². The lowest BCUT2D eigenvalue weighted by molar-refractivity contribution is 0.0657. The lowest BCUT2D eigenvalue weighted by Crippen LogP contribution is -2.44. The Balaban J connectivity index is 2.14. The third-order valence-electron chi connectivity index (χ3n) is 4.08. The van der Waals surface area contributed by atoms with Crippen molar-refractivity contribution in [3.63, 3.8) is 0 Å². The molecule has 0 aromatic heterocycles. The van der Waals surface area contributed by atoms with Crippen LogP contribution >= 0.6 is 11.8 Å². The Hall–Kier alpha value is -1.00. The molecular formula is C17H26N2OS. The van der Waals surface area contributed by atoms with Crippen molar-refractivity contribution in [2.24, 2.45) is 5.92 Å². The van der Waals surface area contributed by atoms with Crippen molar-refractivity contribution in [3.8, 4) is 0 Å². The third-order valence-corrected chi connectivity index (χ3v) is 4.87. The monoisotopic (exact) mass is 306 g/mol. The molecule has 0 bridgehead atoms. The first-order valence-corrected chi connectivity index (χ1v) is 9.00. The van der Waals surface area contributed by atoms with Gasteiger partial charge in [0, 0.05) is 17.5 Å². The van der Waals surface area contributed by atoms with Gasteiger partial charge in [-0.05, 0) is 64.1 Å². The largest absolute Gasteiger partial charge is 0.336 e. The predicted octanol–water partition coefficient (Wildman–Crippen LogP) is 3.26. The second-order valence-corrected chi connectivity index (χ2v) is 6.81. The van der Waals surface area contributed by atoms with E-state index in [1.165, 1.54) is 12.8 Å². The minimum atomic E-state index is 0.167. The van der Waals surface area contributed by atoms with Gasteiger partial charge in [0.1, 0.15) is 0 Å². The molecule has 0 saturated carbocycles. The molecule has 1 aliphatic rings. The summed E-state index contributed by atoms with van der Waals surface area (Å²) in [5.41, 5.74) is 0.836. The van der Waals surface area contributed by atoms with Crippen LogP contribution in [0.4, 0.5) is 0 Å². The summed E-state index contributed by atoms with van der Waals surface area (Å²) in [5, 5.41) is 3.44. The average molecular weight is 306 g/mol. The Morgan fingerprint density at radius 3 is 2.81 bits per heavy atom. The summed E-state index contributed by atoms with van der Waals surface area (Å²) in [7, 11) is 0. The summed E-state index contributed by atoms with van der Waals surface area (Å²) in [4.78, 5) is 16.0. The third kappa shape index (κ3) is 4.24. The van der Waals surface area contributed by atoms with Crippen LogP contribution in [0.3, 0.4) is 0 Å².